The summed E-state index contributed by atoms with van der Waals surface area (Å²) in [5.41, 5.74) is 4.27. The molecule has 4 nitrogen and oxygen atoms in total. The summed E-state index contributed by atoms with van der Waals surface area (Å²) in [4.78, 5) is 8.46. The summed E-state index contributed by atoms with van der Waals surface area (Å²) in [7, 11) is 0. The molecule has 0 radical (unpaired) electrons. The van der Waals surface area contributed by atoms with Gasteiger partial charge in [0.2, 0.25) is 0 Å². The Morgan fingerprint density at radius 1 is 1.28 bits per heavy atom. The molecule has 0 amide bonds. The Bertz CT molecular complexity index is 519. The van der Waals surface area contributed by atoms with Gasteiger partial charge in [0.25, 0.3) is 0 Å². The van der Waals surface area contributed by atoms with E-state index < -0.39 is 0 Å². The van der Waals surface area contributed by atoms with Crippen molar-refractivity contribution < 1.29 is 0 Å². The van der Waals surface area contributed by atoms with E-state index in [1.165, 1.54) is 0 Å². The van der Waals surface area contributed by atoms with Crippen molar-refractivity contribution in [3.8, 4) is 0 Å². The van der Waals surface area contributed by atoms with Crippen LogP contribution in [-0.2, 0) is 6.42 Å². The van der Waals surface area contributed by atoms with Crippen LogP contribution in [0.2, 0.25) is 10.0 Å². The number of hydrogen-bond acceptors (Lipinski definition) is 4. The van der Waals surface area contributed by atoms with E-state index >= 15 is 0 Å². The molecule has 2 rings (SSSR count). The van der Waals surface area contributed by atoms with Crippen LogP contribution in [0.5, 0.6) is 0 Å². The minimum atomic E-state index is -0.204. The SMILES string of the molecule is NNC(Cc1ccccn1)c1ncc(Cl)cc1Cl. The number of hydrazine groups is 1. The van der Waals surface area contributed by atoms with E-state index in [0.29, 0.717) is 22.2 Å². The van der Waals surface area contributed by atoms with Gasteiger partial charge < -0.3 is 0 Å². The fraction of sp³-hybridized carbons (Fsp3) is 0.167. The van der Waals surface area contributed by atoms with Crippen LogP contribution in [0.4, 0.5) is 0 Å². The van der Waals surface area contributed by atoms with Gasteiger partial charge >= 0.3 is 0 Å². The van der Waals surface area contributed by atoms with E-state index in [-0.39, 0.29) is 6.04 Å². The topological polar surface area (TPSA) is 63.8 Å². The molecule has 3 N–H and O–H groups in total. The van der Waals surface area contributed by atoms with E-state index in [2.05, 4.69) is 15.4 Å². The normalized spacial score (nSPS) is 12.4. The molecule has 1 atom stereocenters. The molecule has 0 spiro atoms. The van der Waals surface area contributed by atoms with Gasteiger partial charge in [-0.1, -0.05) is 29.3 Å². The van der Waals surface area contributed by atoms with Gasteiger partial charge in [-0.05, 0) is 18.2 Å². The predicted molar refractivity (Wildman–Crippen MR) is 72.3 cm³/mol. The van der Waals surface area contributed by atoms with Gasteiger partial charge in [0.1, 0.15) is 0 Å². The number of nitrogens with one attached hydrogen (secondary N) is 1. The molecule has 0 aromatic carbocycles. The first-order chi connectivity index (χ1) is 8.70. The number of pyridine rings is 2. The zero-order valence-electron chi connectivity index (χ0n) is 9.48. The molecule has 0 fully saturated rings. The van der Waals surface area contributed by atoms with E-state index in [1.54, 1.807) is 18.5 Å². The summed E-state index contributed by atoms with van der Waals surface area (Å²) in [6, 6.07) is 7.15. The van der Waals surface area contributed by atoms with Gasteiger partial charge in [-0.15, -0.1) is 0 Å². The minimum absolute atomic E-state index is 0.204. The Balaban J connectivity index is 2.23. The monoisotopic (exact) mass is 282 g/mol. The lowest BCUT2D eigenvalue weighted by Gasteiger charge is -2.16. The summed E-state index contributed by atoms with van der Waals surface area (Å²) in [5, 5.41) is 0.985. The number of nitrogens with two attached hydrogens (primary N) is 1. The lowest BCUT2D eigenvalue weighted by Crippen LogP contribution is -2.30. The fourth-order valence-electron chi connectivity index (χ4n) is 1.64. The average molecular weight is 283 g/mol. The molecule has 0 saturated heterocycles. The predicted octanol–water partition coefficient (Wildman–Crippen LogP) is 2.53. The van der Waals surface area contributed by atoms with Gasteiger partial charge in [0.15, 0.2) is 0 Å². The summed E-state index contributed by atoms with van der Waals surface area (Å²) < 4.78 is 0. The minimum Gasteiger partial charge on any atom is -0.271 e. The summed E-state index contributed by atoms with van der Waals surface area (Å²) >= 11 is 11.9. The van der Waals surface area contributed by atoms with Gasteiger partial charge in [-0.3, -0.25) is 21.2 Å². The maximum atomic E-state index is 6.11. The Morgan fingerprint density at radius 3 is 2.72 bits per heavy atom. The van der Waals surface area contributed by atoms with Crippen molar-refractivity contribution in [3.63, 3.8) is 0 Å². The number of rotatable bonds is 4. The van der Waals surface area contributed by atoms with E-state index in [1.807, 2.05) is 18.2 Å². The Kier molecular flexibility index (Phi) is 4.49. The van der Waals surface area contributed by atoms with Crippen molar-refractivity contribution >= 4 is 23.2 Å². The molecule has 0 aliphatic rings. The van der Waals surface area contributed by atoms with Crippen LogP contribution < -0.4 is 11.3 Å². The third-order valence-corrected chi connectivity index (χ3v) is 3.02. The lowest BCUT2D eigenvalue weighted by atomic mass is 10.1. The second kappa shape index (κ2) is 6.11. The molecule has 0 aliphatic carbocycles. The van der Waals surface area contributed by atoms with Crippen molar-refractivity contribution in [3.05, 3.63) is 58.1 Å². The van der Waals surface area contributed by atoms with E-state index in [4.69, 9.17) is 29.0 Å². The van der Waals surface area contributed by atoms with E-state index in [0.717, 1.165) is 5.69 Å². The standard InChI is InChI=1S/C12H12Cl2N4/c13-8-5-10(14)12(17-7-8)11(18-15)6-9-3-1-2-4-16-9/h1-5,7,11,18H,6,15H2. The maximum absolute atomic E-state index is 6.11. The quantitative estimate of drug-likeness (QED) is 0.668. The second-order valence-corrected chi connectivity index (χ2v) is 4.61. The van der Waals surface area contributed by atoms with Gasteiger partial charge in [-0.2, -0.15) is 0 Å². The lowest BCUT2D eigenvalue weighted by molar-refractivity contribution is 0.533. The third kappa shape index (κ3) is 3.17. The van der Waals surface area contributed by atoms with Crippen LogP contribution in [0.15, 0.2) is 36.7 Å². The molecule has 18 heavy (non-hydrogen) atoms. The van der Waals surface area contributed by atoms with Gasteiger partial charge in [0.05, 0.1) is 21.8 Å². The maximum Gasteiger partial charge on any atom is 0.0777 e. The zero-order valence-corrected chi connectivity index (χ0v) is 11.0. The highest BCUT2D eigenvalue weighted by Crippen LogP contribution is 2.25. The molecule has 1 unspecified atom stereocenters. The Hall–Kier alpha value is -1.20. The molecule has 0 saturated carbocycles. The summed E-state index contributed by atoms with van der Waals surface area (Å²) in [5.74, 6) is 5.55. The second-order valence-electron chi connectivity index (χ2n) is 3.77. The van der Waals surface area contributed by atoms with Crippen molar-refractivity contribution in [1.29, 1.82) is 0 Å². The Labute approximate surface area is 115 Å². The smallest absolute Gasteiger partial charge is 0.0777 e. The summed E-state index contributed by atoms with van der Waals surface area (Å²) in [6.45, 7) is 0. The molecule has 6 heteroatoms. The van der Waals surface area contributed by atoms with Crippen LogP contribution in [-0.4, -0.2) is 9.97 Å². The molecule has 0 bridgehead atoms. The first-order valence-electron chi connectivity index (χ1n) is 5.37. The largest absolute Gasteiger partial charge is 0.271 e. The highest BCUT2D eigenvalue weighted by Gasteiger charge is 2.16. The van der Waals surface area contributed by atoms with Crippen LogP contribution in [0.3, 0.4) is 0 Å². The molecular formula is C12H12Cl2N4. The fourth-order valence-corrected chi connectivity index (χ4v) is 2.16. The first kappa shape index (κ1) is 13.2. The number of halogens is 2. The Morgan fingerprint density at radius 2 is 2.11 bits per heavy atom. The summed E-state index contributed by atoms with van der Waals surface area (Å²) in [6.07, 6.45) is 3.89. The number of hydrogen-bond donors (Lipinski definition) is 2. The zero-order chi connectivity index (χ0) is 13.0. The number of nitrogens with zero attached hydrogens (tertiary/aromatic N) is 2. The third-order valence-electron chi connectivity index (χ3n) is 2.51. The molecule has 2 heterocycles. The van der Waals surface area contributed by atoms with Crippen LogP contribution in [0.1, 0.15) is 17.4 Å². The first-order valence-corrected chi connectivity index (χ1v) is 6.13. The highest BCUT2D eigenvalue weighted by atomic mass is 35.5. The van der Waals surface area contributed by atoms with Crippen LogP contribution in [0.25, 0.3) is 0 Å². The van der Waals surface area contributed by atoms with Crippen LogP contribution >= 0.6 is 23.2 Å². The van der Waals surface area contributed by atoms with Crippen molar-refractivity contribution in [2.45, 2.75) is 12.5 Å². The molecule has 2 aromatic heterocycles. The van der Waals surface area contributed by atoms with E-state index in [9.17, 15) is 0 Å². The average Bonchev–Trinajstić information content (AvgIpc) is 2.38. The van der Waals surface area contributed by atoms with Crippen molar-refractivity contribution in [1.82, 2.24) is 15.4 Å². The van der Waals surface area contributed by atoms with Gasteiger partial charge in [0, 0.05) is 24.5 Å². The molecule has 2 aromatic rings. The van der Waals surface area contributed by atoms with Gasteiger partial charge in [-0.25, -0.2) is 0 Å². The molecule has 94 valence electrons. The number of aromatic nitrogens is 2. The van der Waals surface area contributed by atoms with Crippen molar-refractivity contribution in [2.75, 3.05) is 0 Å². The molecular weight excluding hydrogens is 271 g/mol. The van der Waals surface area contributed by atoms with Crippen LogP contribution in [0, 0.1) is 0 Å². The van der Waals surface area contributed by atoms with Crippen molar-refractivity contribution in [2.24, 2.45) is 5.84 Å². The highest BCUT2D eigenvalue weighted by molar-refractivity contribution is 6.34. The molecule has 0 aliphatic heterocycles.